The molecule has 104 valence electrons. The van der Waals surface area contributed by atoms with Crippen molar-refractivity contribution in [1.82, 2.24) is 0 Å². The summed E-state index contributed by atoms with van der Waals surface area (Å²) in [5.41, 5.74) is 0.339. The molecule has 0 fully saturated rings. The Kier molecular flexibility index (Phi) is 5.29. The number of methoxy groups -OCH3 is 1. The number of hydrogen-bond donors (Lipinski definition) is 2. The molecule has 1 rings (SSSR count). The van der Waals surface area contributed by atoms with Crippen LogP contribution in [0.25, 0.3) is 0 Å². The first-order valence-electron chi connectivity index (χ1n) is 5.93. The van der Waals surface area contributed by atoms with Crippen LogP contribution in [0.1, 0.15) is 20.3 Å². The fraction of sp³-hybridized carbons (Fsp3) is 0.385. The lowest BCUT2D eigenvalue weighted by Gasteiger charge is -2.11. The van der Waals surface area contributed by atoms with E-state index in [-0.39, 0.29) is 17.5 Å². The highest BCUT2D eigenvalue weighted by atomic mass is 19.1. The Bertz CT molecular complexity index is 477. The molecule has 2 amide bonds. The first-order chi connectivity index (χ1) is 8.97. The number of anilines is 2. The lowest BCUT2D eigenvalue weighted by Crippen LogP contribution is -2.20. The Hall–Kier alpha value is -2.11. The van der Waals surface area contributed by atoms with Crippen LogP contribution in [0.4, 0.5) is 20.6 Å². The summed E-state index contributed by atoms with van der Waals surface area (Å²) < 4.78 is 18.0. The summed E-state index contributed by atoms with van der Waals surface area (Å²) >= 11 is 0. The summed E-state index contributed by atoms with van der Waals surface area (Å²) in [4.78, 5) is 22.6. The molecule has 5 nitrogen and oxygen atoms in total. The maximum absolute atomic E-state index is 13.7. The summed E-state index contributed by atoms with van der Waals surface area (Å²) in [6.45, 7) is 3.69. The molecule has 6 heteroatoms. The third-order valence-electron chi connectivity index (χ3n) is 2.72. The highest BCUT2D eigenvalue weighted by molar-refractivity contribution is 5.93. The molecule has 1 atom stereocenters. The van der Waals surface area contributed by atoms with Crippen LogP contribution in [-0.2, 0) is 9.53 Å². The predicted octanol–water partition coefficient (Wildman–Crippen LogP) is 2.99. The van der Waals surface area contributed by atoms with E-state index in [4.69, 9.17) is 0 Å². The standard InChI is InChI=1S/C13H17FN2O3/c1-4-8(2)12(17)15-9-5-6-11(10(14)7-9)16-13(18)19-3/h5-8H,4H2,1-3H3,(H,15,17)(H,16,18)/t8-/m1/s1. The molecule has 0 saturated carbocycles. The van der Waals surface area contributed by atoms with Gasteiger partial charge in [-0.25, -0.2) is 9.18 Å². The molecule has 0 aliphatic rings. The topological polar surface area (TPSA) is 67.4 Å². The molecular formula is C13H17FN2O3. The van der Waals surface area contributed by atoms with Crippen molar-refractivity contribution < 1.29 is 18.7 Å². The molecule has 19 heavy (non-hydrogen) atoms. The van der Waals surface area contributed by atoms with Crippen molar-refractivity contribution in [2.45, 2.75) is 20.3 Å². The maximum Gasteiger partial charge on any atom is 0.411 e. The maximum atomic E-state index is 13.7. The molecule has 0 radical (unpaired) electrons. The van der Waals surface area contributed by atoms with Gasteiger partial charge in [0, 0.05) is 11.6 Å². The van der Waals surface area contributed by atoms with Gasteiger partial charge in [-0.2, -0.15) is 0 Å². The lowest BCUT2D eigenvalue weighted by atomic mass is 10.1. The van der Waals surface area contributed by atoms with Crippen molar-refractivity contribution in [2.24, 2.45) is 5.92 Å². The number of hydrogen-bond acceptors (Lipinski definition) is 3. The van der Waals surface area contributed by atoms with E-state index in [2.05, 4.69) is 15.4 Å². The lowest BCUT2D eigenvalue weighted by molar-refractivity contribution is -0.119. The van der Waals surface area contributed by atoms with E-state index in [0.717, 1.165) is 6.07 Å². The Morgan fingerprint density at radius 1 is 1.37 bits per heavy atom. The van der Waals surface area contributed by atoms with E-state index in [1.165, 1.54) is 19.2 Å². The Labute approximate surface area is 111 Å². The van der Waals surface area contributed by atoms with E-state index in [9.17, 15) is 14.0 Å². The highest BCUT2D eigenvalue weighted by Crippen LogP contribution is 2.20. The third-order valence-corrected chi connectivity index (χ3v) is 2.72. The minimum atomic E-state index is -0.754. The van der Waals surface area contributed by atoms with Gasteiger partial charge in [0.05, 0.1) is 12.8 Å². The molecule has 0 spiro atoms. The number of nitrogens with one attached hydrogen (secondary N) is 2. The van der Waals surface area contributed by atoms with Crippen molar-refractivity contribution in [3.05, 3.63) is 24.0 Å². The summed E-state index contributed by atoms with van der Waals surface area (Å²) in [6, 6.07) is 4.01. The smallest absolute Gasteiger partial charge is 0.411 e. The van der Waals surface area contributed by atoms with Crippen molar-refractivity contribution >= 4 is 23.4 Å². The SMILES string of the molecule is CC[C@@H](C)C(=O)Nc1ccc(NC(=O)OC)c(F)c1. The van der Waals surface area contributed by atoms with Gasteiger partial charge in [0.25, 0.3) is 0 Å². The van der Waals surface area contributed by atoms with E-state index in [1.807, 2.05) is 6.92 Å². The zero-order valence-electron chi connectivity index (χ0n) is 11.1. The largest absolute Gasteiger partial charge is 0.453 e. The number of benzene rings is 1. The van der Waals surface area contributed by atoms with E-state index < -0.39 is 11.9 Å². The van der Waals surface area contributed by atoms with Crippen LogP contribution in [0.15, 0.2) is 18.2 Å². The van der Waals surface area contributed by atoms with Crippen LogP contribution in [0.5, 0.6) is 0 Å². The zero-order valence-corrected chi connectivity index (χ0v) is 11.1. The second-order valence-corrected chi connectivity index (χ2v) is 4.11. The van der Waals surface area contributed by atoms with Crippen molar-refractivity contribution in [1.29, 1.82) is 0 Å². The minimum absolute atomic E-state index is 0.00612. The number of carbonyl (C=O) groups excluding carboxylic acids is 2. The van der Waals surface area contributed by atoms with Gasteiger partial charge in [-0.1, -0.05) is 13.8 Å². The molecule has 1 aromatic rings. The third kappa shape index (κ3) is 4.24. The monoisotopic (exact) mass is 268 g/mol. The minimum Gasteiger partial charge on any atom is -0.453 e. The van der Waals surface area contributed by atoms with Crippen molar-refractivity contribution in [2.75, 3.05) is 17.7 Å². The van der Waals surface area contributed by atoms with Gasteiger partial charge in [-0.15, -0.1) is 0 Å². The summed E-state index contributed by atoms with van der Waals surface area (Å²) in [7, 11) is 1.19. The first-order valence-corrected chi connectivity index (χ1v) is 5.93. The summed E-state index contributed by atoms with van der Waals surface area (Å²) in [5.74, 6) is -0.959. The van der Waals surface area contributed by atoms with Gasteiger partial charge >= 0.3 is 6.09 Å². The van der Waals surface area contributed by atoms with Crippen molar-refractivity contribution in [3.8, 4) is 0 Å². The Morgan fingerprint density at radius 2 is 2.05 bits per heavy atom. The quantitative estimate of drug-likeness (QED) is 0.882. The fourth-order valence-corrected chi connectivity index (χ4v) is 1.31. The molecule has 0 saturated heterocycles. The van der Waals surface area contributed by atoms with E-state index in [1.54, 1.807) is 6.92 Å². The Morgan fingerprint density at radius 3 is 2.58 bits per heavy atom. The molecule has 2 N–H and O–H groups in total. The number of rotatable bonds is 4. The van der Waals surface area contributed by atoms with Gasteiger partial charge in [0.1, 0.15) is 5.82 Å². The van der Waals surface area contributed by atoms with Gasteiger partial charge < -0.3 is 10.1 Å². The zero-order chi connectivity index (χ0) is 14.4. The molecule has 0 heterocycles. The van der Waals surface area contributed by atoms with Crippen LogP contribution in [0.3, 0.4) is 0 Å². The van der Waals surface area contributed by atoms with Gasteiger partial charge in [0.2, 0.25) is 5.91 Å². The molecule has 0 bridgehead atoms. The van der Waals surface area contributed by atoms with Gasteiger partial charge in [0.15, 0.2) is 0 Å². The summed E-state index contributed by atoms with van der Waals surface area (Å²) in [5, 5.41) is 4.83. The molecule has 0 aromatic heterocycles. The number of carbonyl (C=O) groups is 2. The summed E-state index contributed by atoms with van der Waals surface area (Å²) in [6.07, 6.45) is -0.0497. The molecule has 0 aliphatic carbocycles. The van der Waals surface area contributed by atoms with Crippen molar-refractivity contribution in [3.63, 3.8) is 0 Å². The second kappa shape index (κ2) is 6.72. The van der Waals surface area contributed by atoms with Crippen LogP contribution >= 0.6 is 0 Å². The molecular weight excluding hydrogens is 251 g/mol. The molecule has 0 unspecified atom stereocenters. The average molecular weight is 268 g/mol. The van der Waals surface area contributed by atoms with E-state index >= 15 is 0 Å². The molecule has 0 aliphatic heterocycles. The predicted molar refractivity (Wildman–Crippen MR) is 70.5 cm³/mol. The second-order valence-electron chi connectivity index (χ2n) is 4.11. The van der Waals surface area contributed by atoms with E-state index in [0.29, 0.717) is 12.1 Å². The van der Waals surface area contributed by atoms with Crippen LogP contribution in [0.2, 0.25) is 0 Å². The molecule has 1 aromatic carbocycles. The number of ether oxygens (including phenoxy) is 1. The van der Waals surface area contributed by atoms with Gasteiger partial charge in [-0.05, 0) is 24.6 Å². The Balaban J connectivity index is 2.76. The number of amides is 2. The van der Waals surface area contributed by atoms with Gasteiger partial charge in [-0.3, -0.25) is 10.1 Å². The normalized spacial score (nSPS) is 11.6. The van der Waals surface area contributed by atoms with Crippen LogP contribution in [0, 0.1) is 11.7 Å². The number of halogens is 1. The van der Waals surface area contributed by atoms with Crippen LogP contribution < -0.4 is 10.6 Å². The van der Waals surface area contributed by atoms with Crippen LogP contribution in [-0.4, -0.2) is 19.1 Å². The average Bonchev–Trinajstić information content (AvgIpc) is 2.40. The fourth-order valence-electron chi connectivity index (χ4n) is 1.31. The highest BCUT2D eigenvalue weighted by Gasteiger charge is 2.12. The first kappa shape index (κ1) is 14.9.